The Morgan fingerprint density at radius 3 is 2.94 bits per heavy atom. The van der Waals surface area contributed by atoms with Crippen LogP contribution in [0.1, 0.15) is 23.5 Å². The van der Waals surface area contributed by atoms with E-state index in [1.807, 2.05) is 5.38 Å². The zero-order chi connectivity index (χ0) is 13.4. The quantitative estimate of drug-likeness (QED) is 0.584. The van der Waals surface area contributed by atoms with Gasteiger partial charge in [0.25, 0.3) is 0 Å². The SMILES string of the molecule is NCCc1nc(CC(=O)NCCCC(=O)O)cs1. The molecule has 1 aromatic rings. The van der Waals surface area contributed by atoms with Crippen LogP contribution in [0.3, 0.4) is 0 Å². The highest BCUT2D eigenvalue weighted by Gasteiger charge is 2.07. The zero-order valence-electron chi connectivity index (χ0n) is 10.0. The van der Waals surface area contributed by atoms with E-state index >= 15 is 0 Å². The number of carbonyl (C=O) groups is 2. The van der Waals surface area contributed by atoms with Gasteiger partial charge in [0.1, 0.15) is 0 Å². The molecule has 18 heavy (non-hydrogen) atoms. The van der Waals surface area contributed by atoms with Crippen LogP contribution in [0, 0.1) is 0 Å². The molecular formula is C11H17N3O3S. The molecule has 0 saturated heterocycles. The summed E-state index contributed by atoms with van der Waals surface area (Å²) in [5.74, 6) is -0.986. The first-order chi connectivity index (χ1) is 8.61. The van der Waals surface area contributed by atoms with Crippen molar-refractivity contribution in [3.8, 4) is 0 Å². The van der Waals surface area contributed by atoms with Crippen LogP contribution >= 0.6 is 11.3 Å². The molecule has 0 aromatic carbocycles. The molecule has 7 heteroatoms. The van der Waals surface area contributed by atoms with Crippen molar-refractivity contribution in [2.45, 2.75) is 25.7 Å². The number of nitrogens with two attached hydrogens (primary N) is 1. The maximum absolute atomic E-state index is 11.5. The average Bonchev–Trinajstić information content (AvgIpc) is 2.72. The van der Waals surface area contributed by atoms with Crippen LogP contribution < -0.4 is 11.1 Å². The zero-order valence-corrected chi connectivity index (χ0v) is 10.8. The van der Waals surface area contributed by atoms with Gasteiger partial charge in [0.05, 0.1) is 17.1 Å². The fraction of sp³-hybridized carbons (Fsp3) is 0.545. The van der Waals surface area contributed by atoms with Gasteiger partial charge in [-0.05, 0) is 13.0 Å². The van der Waals surface area contributed by atoms with E-state index in [2.05, 4.69) is 10.3 Å². The Labute approximate surface area is 109 Å². The van der Waals surface area contributed by atoms with Gasteiger partial charge in [-0.2, -0.15) is 0 Å². The molecule has 0 saturated carbocycles. The van der Waals surface area contributed by atoms with Crippen molar-refractivity contribution in [1.29, 1.82) is 0 Å². The molecule has 0 bridgehead atoms. The summed E-state index contributed by atoms with van der Waals surface area (Å²) < 4.78 is 0. The van der Waals surface area contributed by atoms with Crippen LogP contribution in [0.25, 0.3) is 0 Å². The second-order valence-electron chi connectivity index (χ2n) is 3.80. The molecule has 0 aliphatic rings. The van der Waals surface area contributed by atoms with Crippen LogP contribution in [0.5, 0.6) is 0 Å². The van der Waals surface area contributed by atoms with Crippen LogP contribution in [0.2, 0.25) is 0 Å². The first-order valence-corrected chi connectivity index (χ1v) is 6.61. The number of carboxylic acid groups (broad SMARTS) is 1. The van der Waals surface area contributed by atoms with E-state index in [4.69, 9.17) is 10.8 Å². The lowest BCUT2D eigenvalue weighted by Gasteiger charge is -2.02. The molecule has 0 aliphatic heterocycles. The minimum Gasteiger partial charge on any atom is -0.481 e. The topological polar surface area (TPSA) is 105 Å². The van der Waals surface area contributed by atoms with Crippen LogP contribution in [-0.2, 0) is 22.4 Å². The molecule has 4 N–H and O–H groups in total. The normalized spacial score (nSPS) is 10.3. The van der Waals surface area contributed by atoms with Crippen LogP contribution in [0.15, 0.2) is 5.38 Å². The van der Waals surface area contributed by atoms with Gasteiger partial charge in [0.2, 0.25) is 5.91 Å². The Morgan fingerprint density at radius 1 is 1.50 bits per heavy atom. The summed E-state index contributed by atoms with van der Waals surface area (Å²) in [7, 11) is 0. The third-order valence-corrected chi connectivity index (χ3v) is 3.15. The van der Waals surface area contributed by atoms with E-state index in [0.717, 1.165) is 17.1 Å². The molecule has 1 rings (SSSR count). The number of rotatable bonds is 8. The number of thiazole rings is 1. The molecule has 0 atom stereocenters. The second-order valence-corrected chi connectivity index (χ2v) is 4.74. The van der Waals surface area contributed by atoms with Crippen molar-refractivity contribution in [2.75, 3.05) is 13.1 Å². The monoisotopic (exact) mass is 271 g/mol. The van der Waals surface area contributed by atoms with Gasteiger partial charge in [-0.15, -0.1) is 11.3 Å². The lowest BCUT2D eigenvalue weighted by molar-refractivity contribution is -0.137. The lowest BCUT2D eigenvalue weighted by Crippen LogP contribution is -2.26. The molecule has 0 unspecified atom stereocenters. The summed E-state index contributed by atoms with van der Waals surface area (Å²) in [4.78, 5) is 26.1. The summed E-state index contributed by atoms with van der Waals surface area (Å²) in [6.45, 7) is 0.930. The Kier molecular flexibility index (Phi) is 6.31. The summed E-state index contributed by atoms with van der Waals surface area (Å²) in [5.41, 5.74) is 6.15. The molecule has 1 aromatic heterocycles. The van der Waals surface area contributed by atoms with Crippen molar-refractivity contribution in [2.24, 2.45) is 5.73 Å². The number of amides is 1. The van der Waals surface area contributed by atoms with Crippen molar-refractivity contribution in [3.05, 3.63) is 16.1 Å². The largest absolute Gasteiger partial charge is 0.481 e. The lowest BCUT2D eigenvalue weighted by atomic mass is 10.3. The summed E-state index contributed by atoms with van der Waals surface area (Å²) in [5, 5.41) is 13.9. The number of aliphatic carboxylic acids is 1. The second kappa shape index (κ2) is 7.78. The van der Waals surface area contributed by atoms with Crippen LogP contribution in [-0.4, -0.2) is 35.1 Å². The molecule has 1 amide bonds. The molecular weight excluding hydrogens is 254 g/mol. The number of hydrogen-bond donors (Lipinski definition) is 3. The number of nitrogens with zero attached hydrogens (tertiary/aromatic N) is 1. The third kappa shape index (κ3) is 5.74. The van der Waals surface area contributed by atoms with Gasteiger partial charge in [-0.1, -0.05) is 0 Å². The van der Waals surface area contributed by atoms with Crippen molar-refractivity contribution in [1.82, 2.24) is 10.3 Å². The van der Waals surface area contributed by atoms with Gasteiger partial charge in [0, 0.05) is 24.8 Å². The molecule has 100 valence electrons. The van der Waals surface area contributed by atoms with Gasteiger partial charge >= 0.3 is 5.97 Å². The Bertz CT molecular complexity index is 406. The Hall–Kier alpha value is -1.47. The third-order valence-electron chi connectivity index (χ3n) is 2.19. The van der Waals surface area contributed by atoms with E-state index in [1.165, 1.54) is 11.3 Å². The van der Waals surface area contributed by atoms with Gasteiger partial charge < -0.3 is 16.2 Å². The highest BCUT2D eigenvalue weighted by atomic mass is 32.1. The van der Waals surface area contributed by atoms with E-state index in [9.17, 15) is 9.59 Å². The van der Waals surface area contributed by atoms with Crippen molar-refractivity contribution < 1.29 is 14.7 Å². The molecule has 0 aliphatic carbocycles. The van der Waals surface area contributed by atoms with Crippen LogP contribution in [0.4, 0.5) is 0 Å². The number of hydrogen-bond acceptors (Lipinski definition) is 5. The number of carbonyl (C=O) groups excluding carboxylic acids is 1. The smallest absolute Gasteiger partial charge is 0.303 e. The predicted molar refractivity (Wildman–Crippen MR) is 68.5 cm³/mol. The maximum atomic E-state index is 11.5. The number of carboxylic acids is 1. The van der Waals surface area contributed by atoms with Crippen molar-refractivity contribution >= 4 is 23.2 Å². The number of nitrogens with one attached hydrogen (secondary N) is 1. The van der Waals surface area contributed by atoms with Crippen molar-refractivity contribution in [3.63, 3.8) is 0 Å². The molecule has 0 radical (unpaired) electrons. The highest BCUT2D eigenvalue weighted by Crippen LogP contribution is 2.10. The van der Waals surface area contributed by atoms with E-state index < -0.39 is 5.97 Å². The molecule has 0 fully saturated rings. The number of aromatic nitrogens is 1. The van der Waals surface area contributed by atoms with Gasteiger partial charge in [-0.3, -0.25) is 9.59 Å². The van der Waals surface area contributed by atoms with E-state index in [1.54, 1.807) is 0 Å². The first-order valence-electron chi connectivity index (χ1n) is 5.73. The predicted octanol–water partition coefficient (Wildman–Crippen LogP) is 0.168. The summed E-state index contributed by atoms with van der Waals surface area (Å²) in [6, 6.07) is 0. The maximum Gasteiger partial charge on any atom is 0.303 e. The molecule has 0 spiro atoms. The molecule has 1 heterocycles. The average molecular weight is 271 g/mol. The standard InChI is InChI=1S/C11H17N3O3S/c12-4-3-10-14-8(7-18-10)6-9(15)13-5-1-2-11(16)17/h7H,1-6,12H2,(H,13,15)(H,16,17). The summed E-state index contributed by atoms with van der Waals surface area (Å²) in [6.07, 6.45) is 1.47. The van der Waals surface area contributed by atoms with E-state index in [0.29, 0.717) is 19.5 Å². The minimum absolute atomic E-state index is 0.0671. The first kappa shape index (κ1) is 14.6. The molecule has 6 nitrogen and oxygen atoms in total. The Morgan fingerprint density at radius 2 is 2.28 bits per heavy atom. The van der Waals surface area contributed by atoms with Gasteiger partial charge in [-0.25, -0.2) is 4.98 Å². The summed E-state index contributed by atoms with van der Waals surface area (Å²) >= 11 is 1.50. The van der Waals surface area contributed by atoms with Gasteiger partial charge in [0.15, 0.2) is 0 Å². The minimum atomic E-state index is -0.852. The van der Waals surface area contributed by atoms with E-state index in [-0.39, 0.29) is 18.7 Å². The Balaban J connectivity index is 2.24. The highest BCUT2D eigenvalue weighted by molar-refractivity contribution is 7.09. The fourth-order valence-electron chi connectivity index (χ4n) is 1.36. The fourth-order valence-corrected chi connectivity index (χ4v) is 2.18.